The molecule has 0 aliphatic heterocycles. The van der Waals surface area contributed by atoms with Crippen LogP contribution in [0.25, 0.3) is 11.2 Å². The summed E-state index contributed by atoms with van der Waals surface area (Å²) in [5.41, 5.74) is 4.81. The van der Waals surface area contributed by atoms with Crippen LogP contribution in [0, 0.1) is 18.4 Å². The molecule has 4 atom stereocenters. The minimum Gasteiger partial charge on any atom is -0.465 e. The molecule has 0 amide bonds. The van der Waals surface area contributed by atoms with Crippen molar-refractivity contribution in [3.63, 3.8) is 0 Å². The maximum absolute atomic E-state index is 14.7. The quantitative estimate of drug-likeness (QED) is 0.0136. The zero-order valence-corrected chi connectivity index (χ0v) is 37.6. The molecule has 0 saturated carbocycles. The number of terminal acetylenes is 1. The van der Waals surface area contributed by atoms with E-state index < -0.39 is 44.1 Å². The van der Waals surface area contributed by atoms with E-state index >= 15 is 0 Å². The minimum absolute atomic E-state index is 0.0176. The molecule has 0 aliphatic rings. The normalized spacial score (nSPS) is 14.4. The standard InChI is InChI=1S/C47H68FN6O7P/c1-4-6-7-8-9-10-11-12-13-14-15-16-17-18-19-20-21-28-33-59-45(56)40(34-38-29-24-22-25-30-38)53-62(57,61-39-31-26-23-27-32-39)60-36-47(5-2,58-3)41(55)35-54-37-50-42-43(49)51-46(48)52-44(42)54/h2,22-27,29-32,37,40-41,55H,4,6-21,28,33-36H2,1,3H3,(H,53,57)(H2,49,51,52)/t40-,41-,47+,62?/m0/s1. The van der Waals surface area contributed by atoms with Gasteiger partial charge in [-0.15, -0.1) is 6.42 Å². The number of rotatable bonds is 33. The molecule has 4 rings (SSSR count). The van der Waals surface area contributed by atoms with Gasteiger partial charge in [0.05, 0.1) is 19.5 Å². The Morgan fingerprint density at radius 2 is 1.44 bits per heavy atom. The van der Waals surface area contributed by atoms with E-state index in [2.05, 4.69) is 32.9 Å². The molecule has 0 bridgehead atoms. The zero-order chi connectivity index (χ0) is 44.5. The van der Waals surface area contributed by atoms with E-state index in [-0.39, 0.29) is 42.3 Å². The predicted molar refractivity (Wildman–Crippen MR) is 242 cm³/mol. The lowest BCUT2D eigenvalue weighted by Gasteiger charge is -2.33. The first-order valence-corrected chi connectivity index (χ1v) is 24.0. The van der Waals surface area contributed by atoms with Gasteiger partial charge in [-0.2, -0.15) is 19.4 Å². The van der Waals surface area contributed by atoms with Crippen LogP contribution >= 0.6 is 7.75 Å². The number of ether oxygens (including phenoxy) is 2. The molecule has 4 aromatic rings. The Balaban J connectivity index is 1.30. The van der Waals surface area contributed by atoms with Gasteiger partial charge in [-0.25, -0.2) is 9.55 Å². The van der Waals surface area contributed by atoms with E-state index in [9.17, 15) is 18.9 Å². The number of imidazole rings is 1. The van der Waals surface area contributed by atoms with Crippen LogP contribution in [-0.2, 0) is 36.3 Å². The van der Waals surface area contributed by atoms with E-state index in [0.717, 1.165) is 24.8 Å². The highest BCUT2D eigenvalue weighted by molar-refractivity contribution is 7.52. The first-order chi connectivity index (χ1) is 30.1. The van der Waals surface area contributed by atoms with E-state index in [4.69, 9.17) is 30.7 Å². The van der Waals surface area contributed by atoms with Crippen molar-refractivity contribution in [3.05, 3.63) is 78.6 Å². The summed E-state index contributed by atoms with van der Waals surface area (Å²) in [5.74, 6) is 1.80. The van der Waals surface area contributed by atoms with Crippen LogP contribution in [0.1, 0.15) is 128 Å². The molecule has 2 aromatic heterocycles. The van der Waals surface area contributed by atoms with Crippen molar-refractivity contribution in [3.8, 4) is 18.1 Å². The average Bonchev–Trinajstić information content (AvgIpc) is 3.67. The molecule has 62 heavy (non-hydrogen) atoms. The van der Waals surface area contributed by atoms with Crippen LogP contribution in [0.5, 0.6) is 5.75 Å². The molecule has 0 radical (unpaired) electrons. The van der Waals surface area contributed by atoms with Gasteiger partial charge < -0.3 is 29.4 Å². The number of aromatic nitrogens is 4. The SMILES string of the molecule is C#C[C@](COP(=O)(N[C@@H](Cc1ccccc1)C(=O)OCCCCCCCCCCCCCCCCCCCC)Oc1ccccc1)(OC)[C@@H](O)Cn1cnc2c(N)nc(F)nc21. The van der Waals surface area contributed by atoms with Crippen molar-refractivity contribution in [2.24, 2.45) is 0 Å². The van der Waals surface area contributed by atoms with Crippen molar-refractivity contribution < 1.29 is 37.4 Å². The summed E-state index contributed by atoms with van der Waals surface area (Å²) in [4.78, 5) is 25.1. The third kappa shape index (κ3) is 17.1. The van der Waals surface area contributed by atoms with Crippen LogP contribution in [0.3, 0.4) is 0 Å². The molecular formula is C47H68FN6O7P. The van der Waals surface area contributed by atoms with Gasteiger partial charge in [0, 0.05) is 7.11 Å². The van der Waals surface area contributed by atoms with Crippen molar-refractivity contribution in [2.75, 3.05) is 26.1 Å². The number of nitrogens with one attached hydrogen (secondary N) is 1. The average molecular weight is 879 g/mol. The fraction of sp³-hybridized carbons (Fsp3) is 0.574. The summed E-state index contributed by atoms with van der Waals surface area (Å²) in [6.07, 6.45) is 27.3. The highest BCUT2D eigenvalue weighted by Gasteiger charge is 2.43. The lowest BCUT2D eigenvalue weighted by Crippen LogP contribution is -2.49. The number of carbonyl (C=O) groups is 1. The second-order valence-electron chi connectivity index (χ2n) is 15.9. The third-order valence-corrected chi connectivity index (χ3v) is 12.6. The van der Waals surface area contributed by atoms with E-state index in [1.165, 1.54) is 108 Å². The summed E-state index contributed by atoms with van der Waals surface area (Å²) in [5, 5.41) is 14.3. The number of halogens is 1. The summed E-state index contributed by atoms with van der Waals surface area (Å²) in [7, 11) is -3.24. The minimum atomic E-state index is -4.50. The molecule has 4 N–H and O–H groups in total. The molecule has 340 valence electrons. The Morgan fingerprint density at radius 1 is 0.887 bits per heavy atom. The Kier molecular flexibility index (Phi) is 22.4. The molecule has 0 spiro atoms. The molecular weight excluding hydrogens is 811 g/mol. The molecule has 0 saturated heterocycles. The summed E-state index contributed by atoms with van der Waals surface area (Å²) >= 11 is 0. The van der Waals surface area contributed by atoms with Crippen molar-refractivity contribution in [1.82, 2.24) is 24.6 Å². The number of nitrogens with two attached hydrogens (primary N) is 1. The van der Waals surface area contributed by atoms with Gasteiger partial charge in [0.2, 0.25) is 0 Å². The van der Waals surface area contributed by atoms with Crippen LogP contribution in [0.15, 0.2) is 67.0 Å². The maximum atomic E-state index is 14.7. The number of anilines is 1. The molecule has 0 fully saturated rings. The number of methoxy groups -OCH3 is 1. The number of para-hydroxylation sites is 1. The van der Waals surface area contributed by atoms with Gasteiger partial charge in [0.25, 0.3) is 0 Å². The van der Waals surface area contributed by atoms with Crippen LogP contribution in [-0.4, -0.2) is 68.7 Å². The second-order valence-corrected chi connectivity index (χ2v) is 17.6. The number of aliphatic hydroxyl groups is 1. The van der Waals surface area contributed by atoms with Crippen molar-refractivity contribution >= 4 is 30.7 Å². The topological polar surface area (TPSA) is 173 Å². The van der Waals surface area contributed by atoms with Gasteiger partial charge in [0.1, 0.15) is 30.0 Å². The highest BCUT2D eigenvalue weighted by atomic mass is 31.2. The van der Waals surface area contributed by atoms with Gasteiger partial charge in [-0.05, 0) is 30.5 Å². The Hall–Kier alpha value is -4.38. The molecule has 2 aromatic carbocycles. The summed E-state index contributed by atoms with van der Waals surface area (Å²) in [6, 6.07) is 16.4. The summed E-state index contributed by atoms with van der Waals surface area (Å²) in [6.45, 7) is 1.51. The number of hydrogen-bond acceptors (Lipinski definition) is 11. The molecule has 0 aliphatic carbocycles. The number of hydrogen-bond donors (Lipinski definition) is 3. The first kappa shape index (κ1) is 50.3. The number of fused-ring (bicyclic) bond motifs is 1. The second kappa shape index (κ2) is 27.6. The highest BCUT2D eigenvalue weighted by Crippen LogP contribution is 2.46. The van der Waals surface area contributed by atoms with Crippen molar-refractivity contribution in [2.45, 2.75) is 153 Å². The smallest absolute Gasteiger partial charge is 0.459 e. The maximum Gasteiger partial charge on any atom is 0.459 e. The number of aliphatic hydroxyl groups excluding tert-OH is 1. The van der Waals surface area contributed by atoms with Gasteiger partial charge in [-0.1, -0.05) is 171 Å². The van der Waals surface area contributed by atoms with Gasteiger partial charge >= 0.3 is 19.8 Å². The lowest BCUT2D eigenvalue weighted by atomic mass is 9.98. The van der Waals surface area contributed by atoms with Gasteiger partial charge in [-0.3, -0.25) is 9.32 Å². The number of carbonyl (C=O) groups excluding carboxylic acids is 1. The fourth-order valence-corrected chi connectivity index (χ4v) is 8.80. The molecule has 2 heterocycles. The Bertz CT molecular complexity index is 1970. The van der Waals surface area contributed by atoms with Crippen LogP contribution < -0.4 is 15.3 Å². The Morgan fingerprint density at radius 3 is 1.98 bits per heavy atom. The monoisotopic (exact) mass is 878 g/mol. The van der Waals surface area contributed by atoms with Crippen molar-refractivity contribution in [1.29, 1.82) is 0 Å². The fourth-order valence-electron chi connectivity index (χ4n) is 7.28. The van der Waals surface area contributed by atoms with E-state index in [1.54, 1.807) is 30.3 Å². The molecule has 1 unspecified atom stereocenters. The zero-order valence-electron chi connectivity index (χ0n) is 36.7. The lowest BCUT2D eigenvalue weighted by molar-refractivity contribution is -0.146. The number of esters is 1. The van der Waals surface area contributed by atoms with Crippen LogP contribution in [0.4, 0.5) is 10.2 Å². The number of unbranched alkanes of at least 4 members (excludes halogenated alkanes) is 17. The summed E-state index contributed by atoms with van der Waals surface area (Å²) < 4.78 is 53.4. The molecule has 13 nitrogen and oxygen atoms in total. The first-order valence-electron chi connectivity index (χ1n) is 22.4. The van der Waals surface area contributed by atoms with E-state index in [0.29, 0.717) is 6.42 Å². The number of nitrogen functional groups attached to an aromatic ring is 1. The number of nitrogens with zero attached hydrogens (tertiary/aromatic N) is 4. The van der Waals surface area contributed by atoms with Gasteiger partial charge in [0.15, 0.2) is 17.1 Å². The van der Waals surface area contributed by atoms with Crippen LogP contribution in [0.2, 0.25) is 0 Å². The predicted octanol–water partition coefficient (Wildman–Crippen LogP) is 9.92. The Labute approximate surface area is 367 Å². The largest absolute Gasteiger partial charge is 0.465 e. The van der Waals surface area contributed by atoms with E-state index in [1.807, 2.05) is 30.3 Å². The molecule has 15 heteroatoms. The third-order valence-electron chi connectivity index (χ3n) is 11.0. The number of benzene rings is 2.